The maximum Gasteiger partial charge on any atom is 0.193 e. The Balaban J connectivity index is 0.00000264. The number of hydrogen-bond donors (Lipinski definition) is 1. The van der Waals surface area contributed by atoms with E-state index in [1.165, 1.54) is 0 Å². The molecule has 0 atom stereocenters. The van der Waals surface area contributed by atoms with Crippen LogP contribution in [0.15, 0.2) is 58.1 Å². The smallest absolute Gasteiger partial charge is 0.193 e. The second-order valence-electron chi connectivity index (χ2n) is 4.89. The number of nitrogens with zero attached hydrogens (tertiary/aromatic N) is 2. The van der Waals surface area contributed by atoms with Gasteiger partial charge in [-0.2, -0.15) is 0 Å². The molecule has 1 heterocycles. The van der Waals surface area contributed by atoms with Gasteiger partial charge in [0.25, 0.3) is 0 Å². The van der Waals surface area contributed by atoms with Gasteiger partial charge in [-0.1, -0.05) is 18.2 Å². The van der Waals surface area contributed by atoms with Gasteiger partial charge < -0.3 is 19.4 Å². The molecule has 2 rings (SSSR count). The Morgan fingerprint density at radius 3 is 2.65 bits per heavy atom. The molecular weight excluding hydrogens is 405 g/mol. The van der Waals surface area contributed by atoms with Crippen LogP contribution >= 0.6 is 24.0 Å². The number of benzene rings is 1. The summed E-state index contributed by atoms with van der Waals surface area (Å²) in [5.74, 6) is 2.71. The highest BCUT2D eigenvalue weighted by molar-refractivity contribution is 14.0. The molecule has 0 saturated heterocycles. The molecule has 0 radical (unpaired) electrons. The van der Waals surface area contributed by atoms with Crippen molar-refractivity contribution in [3.63, 3.8) is 0 Å². The number of guanidine groups is 1. The Morgan fingerprint density at radius 2 is 2.00 bits per heavy atom. The molecule has 0 fully saturated rings. The van der Waals surface area contributed by atoms with Crippen molar-refractivity contribution in [3.8, 4) is 5.75 Å². The molecule has 2 aromatic rings. The van der Waals surface area contributed by atoms with E-state index in [0.717, 1.165) is 37.0 Å². The van der Waals surface area contributed by atoms with Crippen LogP contribution < -0.4 is 10.1 Å². The number of hydrogen-bond acceptors (Lipinski definition) is 3. The molecule has 126 valence electrons. The highest BCUT2D eigenvalue weighted by atomic mass is 127. The first-order chi connectivity index (χ1) is 10.8. The average molecular weight is 429 g/mol. The van der Waals surface area contributed by atoms with Crippen LogP contribution in [-0.4, -0.2) is 44.7 Å². The average Bonchev–Trinajstić information content (AvgIpc) is 3.06. The van der Waals surface area contributed by atoms with Crippen LogP contribution in [0, 0.1) is 0 Å². The fourth-order valence-corrected chi connectivity index (χ4v) is 2.06. The molecule has 5 nitrogen and oxygen atoms in total. The molecule has 1 N–H and O–H groups in total. The molecule has 0 bridgehead atoms. The Labute approximate surface area is 154 Å². The minimum Gasteiger partial charge on any atom is -0.492 e. The Kier molecular flexibility index (Phi) is 9.20. The zero-order valence-corrected chi connectivity index (χ0v) is 15.9. The van der Waals surface area contributed by atoms with Gasteiger partial charge in [-0.3, -0.25) is 4.99 Å². The van der Waals surface area contributed by atoms with Gasteiger partial charge in [0.1, 0.15) is 18.1 Å². The van der Waals surface area contributed by atoms with E-state index >= 15 is 0 Å². The van der Waals surface area contributed by atoms with Gasteiger partial charge in [0, 0.05) is 27.1 Å². The second-order valence-corrected chi connectivity index (χ2v) is 4.89. The van der Waals surface area contributed by atoms with Crippen LogP contribution in [0.3, 0.4) is 0 Å². The van der Waals surface area contributed by atoms with Crippen molar-refractivity contribution in [2.45, 2.75) is 6.42 Å². The molecule has 23 heavy (non-hydrogen) atoms. The van der Waals surface area contributed by atoms with Crippen LogP contribution in [-0.2, 0) is 6.42 Å². The molecule has 0 aliphatic carbocycles. The van der Waals surface area contributed by atoms with Gasteiger partial charge in [0.15, 0.2) is 5.96 Å². The first-order valence-electron chi connectivity index (χ1n) is 7.41. The summed E-state index contributed by atoms with van der Waals surface area (Å²) in [5.41, 5.74) is 0. The summed E-state index contributed by atoms with van der Waals surface area (Å²) in [6.45, 7) is 2.15. The molecule has 0 amide bonds. The third-order valence-electron chi connectivity index (χ3n) is 3.25. The lowest BCUT2D eigenvalue weighted by atomic mass is 10.3. The van der Waals surface area contributed by atoms with E-state index in [9.17, 15) is 0 Å². The molecule has 1 aromatic carbocycles. The van der Waals surface area contributed by atoms with Gasteiger partial charge in [0.05, 0.1) is 12.8 Å². The Hall–Kier alpha value is -1.70. The van der Waals surface area contributed by atoms with E-state index in [0.29, 0.717) is 6.61 Å². The lowest BCUT2D eigenvalue weighted by Gasteiger charge is -2.22. The van der Waals surface area contributed by atoms with Crippen LogP contribution in [0.25, 0.3) is 0 Å². The predicted molar refractivity (Wildman–Crippen MR) is 104 cm³/mol. The van der Waals surface area contributed by atoms with Crippen molar-refractivity contribution in [2.75, 3.05) is 33.8 Å². The SMILES string of the molecule is CN=C(NCCc1ccco1)N(C)CCOc1ccccc1.I. The maximum absolute atomic E-state index is 5.70. The van der Waals surface area contributed by atoms with Crippen LogP contribution in [0.1, 0.15) is 5.76 Å². The predicted octanol–water partition coefficient (Wildman–Crippen LogP) is 3.03. The summed E-state index contributed by atoms with van der Waals surface area (Å²) in [6.07, 6.45) is 2.53. The number of nitrogens with one attached hydrogen (secondary N) is 1. The van der Waals surface area contributed by atoms with E-state index in [4.69, 9.17) is 9.15 Å². The van der Waals surface area contributed by atoms with Crippen molar-refractivity contribution in [2.24, 2.45) is 4.99 Å². The number of aliphatic imine (C=N–C) groups is 1. The summed E-state index contributed by atoms with van der Waals surface area (Å²) < 4.78 is 11.0. The fraction of sp³-hybridized carbons (Fsp3) is 0.353. The maximum atomic E-state index is 5.70. The molecule has 0 spiro atoms. The van der Waals surface area contributed by atoms with Gasteiger partial charge in [0.2, 0.25) is 0 Å². The topological polar surface area (TPSA) is 50.0 Å². The number of halogens is 1. The van der Waals surface area contributed by atoms with Crippen LogP contribution in [0.5, 0.6) is 5.75 Å². The van der Waals surface area contributed by atoms with E-state index in [-0.39, 0.29) is 24.0 Å². The molecule has 0 saturated carbocycles. The van der Waals surface area contributed by atoms with Crippen molar-refractivity contribution in [3.05, 3.63) is 54.5 Å². The Morgan fingerprint density at radius 1 is 1.22 bits per heavy atom. The number of furan rings is 1. The summed E-state index contributed by atoms with van der Waals surface area (Å²) in [7, 11) is 3.78. The molecule has 0 aliphatic rings. The van der Waals surface area contributed by atoms with Crippen molar-refractivity contribution in [1.82, 2.24) is 10.2 Å². The normalized spacial score (nSPS) is 10.8. The first-order valence-corrected chi connectivity index (χ1v) is 7.41. The van der Waals surface area contributed by atoms with Gasteiger partial charge in [-0.15, -0.1) is 24.0 Å². The van der Waals surface area contributed by atoms with Crippen molar-refractivity contribution >= 4 is 29.9 Å². The largest absolute Gasteiger partial charge is 0.492 e. The lowest BCUT2D eigenvalue weighted by molar-refractivity contribution is 0.281. The highest BCUT2D eigenvalue weighted by Crippen LogP contribution is 2.07. The van der Waals surface area contributed by atoms with E-state index in [1.807, 2.05) is 54.4 Å². The fourth-order valence-electron chi connectivity index (χ4n) is 2.06. The zero-order valence-electron chi connectivity index (χ0n) is 13.6. The monoisotopic (exact) mass is 429 g/mol. The summed E-state index contributed by atoms with van der Waals surface area (Å²) in [5, 5.41) is 3.32. The zero-order chi connectivity index (χ0) is 15.6. The van der Waals surface area contributed by atoms with Crippen LogP contribution in [0.2, 0.25) is 0 Å². The summed E-state index contributed by atoms with van der Waals surface area (Å²) >= 11 is 0. The van der Waals surface area contributed by atoms with Crippen molar-refractivity contribution < 1.29 is 9.15 Å². The number of likely N-dealkylation sites (N-methyl/N-ethyl adjacent to an activating group) is 1. The van der Waals surface area contributed by atoms with E-state index < -0.39 is 0 Å². The standard InChI is InChI=1S/C17H23N3O2.HI/c1-18-17(19-11-10-16-9-6-13-21-16)20(2)12-14-22-15-7-4-3-5-8-15;/h3-9,13H,10-12,14H2,1-2H3,(H,18,19);1H. The van der Waals surface area contributed by atoms with E-state index in [1.54, 1.807) is 13.3 Å². The number of rotatable bonds is 7. The van der Waals surface area contributed by atoms with Crippen molar-refractivity contribution in [1.29, 1.82) is 0 Å². The molecule has 0 aliphatic heterocycles. The third-order valence-corrected chi connectivity index (χ3v) is 3.25. The molecule has 0 unspecified atom stereocenters. The minimum absolute atomic E-state index is 0. The first kappa shape index (κ1) is 19.3. The number of ether oxygens (including phenoxy) is 1. The highest BCUT2D eigenvalue weighted by Gasteiger charge is 2.06. The minimum atomic E-state index is 0. The quantitative estimate of drug-likeness (QED) is 0.418. The second kappa shape index (κ2) is 10.9. The molecule has 1 aromatic heterocycles. The summed E-state index contributed by atoms with van der Waals surface area (Å²) in [4.78, 5) is 6.32. The van der Waals surface area contributed by atoms with Gasteiger partial charge >= 0.3 is 0 Å². The third kappa shape index (κ3) is 6.94. The summed E-state index contributed by atoms with van der Waals surface area (Å²) in [6, 6.07) is 13.7. The Bertz CT molecular complexity index is 558. The molecule has 6 heteroatoms. The van der Waals surface area contributed by atoms with E-state index in [2.05, 4.69) is 10.3 Å². The van der Waals surface area contributed by atoms with Gasteiger partial charge in [-0.25, -0.2) is 0 Å². The van der Waals surface area contributed by atoms with Crippen LogP contribution in [0.4, 0.5) is 0 Å². The number of para-hydroxylation sites is 1. The van der Waals surface area contributed by atoms with Gasteiger partial charge in [-0.05, 0) is 24.3 Å². The molecular formula is C17H24IN3O2. The lowest BCUT2D eigenvalue weighted by Crippen LogP contribution is -2.41.